The number of terminal acetylenes is 1. The van der Waals surface area contributed by atoms with Gasteiger partial charge in [-0.1, -0.05) is 22.0 Å². The first-order chi connectivity index (χ1) is 8.65. The zero-order valence-corrected chi connectivity index (χ0v) is 11.9. The highest BCUT2D eigenvalue weighted by atomic mass is 79.9. The number of nitrogen functional groups attached to an aromatic ring is 1. The third kappa shape index (κ3) is 2.35. The molecule has 0 spiro atoms. The lowest BCUT2D eigenvalue weighted by molar-refractivity contribution is 0.0959. The first kappa shape index (κ1) is 12.9. The Labute approximate surface area is 117 Å². The smallest absolute Gasteiger partial charge is 0.263 e. The number of fused-ring (bicyclic) bond motifs is 1. The lowest BCUT2D eigenvalue weighted by Crippen LogP contribution is -2.23. The summed E-state index contributed by atoms with van der Waals surface area (Å²) in [5, 5.41) is 3.65. The Hall–Kier alpha value is -1.51. The molecule has 0 atom stereocenters. The molecule has 1 heterocycles. The van der Waals surface area contributed by atoms with Crippen LogP contribution in [0.5, 0.6) is 0 Å². The predicted octanol–water partition coefficient (Wildman–Crippen LogP) is 3.00. The number of nitrogens with one attached hydrogen (secondary N) is 1. The summed E-state index contributed by atoms with van der Waals surface area (Å²) >= 11 is 4.83. The average Bonchev–Trinajstić information content (AvgIpc) is 2.68. The van der Waals surface area contributed by atoms with Crippen LogP contribution in [0.2, 0.25) is 0 Å². The van der Waals surface area contributed by atoms with E-state index in [2.05, 4.69) is 27.2 Å². The number of carbonyl (C=O) groups is 1. The summed E-state index contributed by atoms with van der Waals surface area (Å²) in [6.45, 7) is 0.462. The van der Waals surface area contributed by atoms with Crippen LogP contribution in [-0.2, 0) is 0 Å². The lowest BCUT2D eigenvalue weighted by Gasteiger charge is -2.01. The molecule has 0 aliphatic rings. The number of hydrogen-bond acceptors (Lipinski definition) is 3. The first-order valence-corrected chi connectivity index (χ1v) is 6.94. The molecule has 0 aliphatic carbocycles. The summed E-state index contributed by atoms with van der Waals surface area (Å²) in [6, 6.07) is 5.77. The zero-order valence-electron chi connectivity index (χ0n) is 9.50. The highest BCUT2D eigenvalue weighted by molar-refractivity contribution is 9.10. The minimum Gasteiger partial charge on any atom is -0.397 e. The van der Waals surface area contributed by atoms with Crippen molar-refractivity contribution in [2.45, 2.75) is 6.42 Å². The zero-order chi connectivity index (χ0) is 13.1. The number of nitrogens with two attached hydrogens (primary N) is 1. The molecule has 1 amide bonds. The molecule has 3 N–H and O–H groups in total. The Balaban J connectivity index is 2.35. The maximum atomic E-state index is 12.0. The standard InChI is InChI=1S/C13H11BrN2OS/c1-2-3-7-16-13(17)12-11(15)10-8(14)5-4-6-9(10)18-12/h1,4-6H,3,7,15H2,(H,16,17). The van der Waals surface area contributed by atoms with Crippen molar-refractivity contribution in [2.24, 2.45) is 0 Å². The van der Waals surface area contributed by atoms with Crippen molar-refractivity contribution >= 4 is 48.9 Å². The number of anilines is 1. The van der Waals surface area contributed by atoms with E-state index in [1.54, 1.807) is 0 Å². The largest absolute Gasteiger partial charge is 0.397 e. The van der Waals surface area contributed by atoms with Crippen LogP contribution in [0.4, 0.5) is 5.69 Å². The fourth-order valence-corrected chi connectivity index (χ4v) is 3.40. The third-order valence-corrected chi connectivity index (χ3v) is 4.29. The maximum absolute atomic E-state index is 12.0. The van der Waals surface area contributed by atoms with E-state index in [-0.39, 0.29) is 5.91 Å². The molecule has 0 bridgehead atoms. The minimum atomic E-state index is -0.171. The summed E-state index contributed by atoms with van der Waals surface area (Å²) in [6.07, 6.45) is 5.65. The number of rotatable bonds is 3. The molecule has 0 radical (unpaired) electrons. The van der Waals surface area contributed by atoms with Crippen molar-refractivity contribution in [1.29, 1.82) is 0 Å². The van der Waals surface area contributed by atoms with Gasteiger partial charge in [-0.15, -0.1) is 23.7 Å². The summed E-state index contributed by atoms with van der Waals surface area (Å²) < 4.78 is 1.89. The van der Waals surface area contributed by atoms with Crippen molar-refractivity contribution in [2.75, 3.05) is 12.3 Å². The van der Waals surface area contributed by atoms with Gasteiger partial charge in [0.05, 0.1) is 5.69 Å². The molecular formula is C13H11BrN2OS. The Morgan fingerprint density at radius 3 is 3.00 bits per heavy atom. The normalized spacial score (nSPS) is 10.2. The molecule has 5 heteroatoms. The lowest BCUT2D eigenvalue weighted by atomic mass is 10.2. The first-order valence-electron chi connectivity index (χ1n) is 5.33. The van der Waals surface area contributed by atoms with Gasteiger partial charge in [0.2, 0.25) is 0 Å². The van der Waals surface area contributed by atoms with Gasteiger partial charge in [-0.25, -0.2) is 0 Å². The van der Waals surface area contributed by atoms with Crippen molar-refractivity contribution in [3.8, 4) is 12.3 Å². The second-order valence-corrected chi connectivity index (χ2v) is 5.57. The highest BCUT2D eigenvalue weighted by Gasteiger charge is 2.17. The molecule has 0 fully saturated rings. The molecular weight excluding hydrogens is 312 g/mol. The minimum absolute atomic E-state index is 0.171. The van der Waals surface area contributed by atoms with Gasteiger partial charge < -0.3 is 11.1 Å². The predicted molar refractivity (Wildman–Crippen MR) is 79.7 cm³/mol. The van der Waals surface area contributed by atoms with Crippen LogP contribution in [0.25, 0.3) is 10.1 Å². The molecule has 2 aromatic rings. The molecule has 3 nitrogen and oxygen atoms in total. The van der Waals surface area contributed by atoms with Gasteiger partial charge in [0.15, 0.2) is 0 Å². The van der Waals surface area contributed by atoms with E-state index in [1.807, 2.05) is 18.2 Å². The van der Waals surface area contributed by atoms with Gasteiger partial charge in [0.25, 0.3) is 5.91 Å². The summed E-state index contributed by atoms with van der Waals surface area (Å²) in [4.78, 5) is 12.5. The van der Waals surface area contributed by atoms with Crippen molar-refractivity contribution < 1.29 is 4.79 Å². The Kier molecular flexibility index (Phi) is 3.90. The number of amides is 1. The molecule has 0 unspecified atom stereocenters. The van der Waals surface area contributed by atoms with E-state index >= 15 is 0 Å². The van der Waals surface area contributed by atoms with Gasteiger partial charge >= 0.3 is 0 Å². The molecule has 2 rings (SSSR count). The molecule has 92 valence electrons. The number of carbonyl (C=O) groups excluding carboxylic acids is 1. The highest BCUT2D eigenvalue weighted by Crippen LogP contribution is 2.37. The summed E-state index contributed by atoms with van der Waals surface area (Å²) in [5.41, 5.74) is 6.54. The van der Waals surface area contributed by atoms with E-state index in [1.165, 1.54) is 11.3 Å². The van der Waals surface area contributed by atoms with E-state index in [9.17, 15) is 4.79 Å². The monoisotopic (exact) mass is 322 g/mol. The molecule has 1 aromatic carbocycles. The fourth-order valence-electron chi connectivity index (χ4n) is 1.63. The van der Waals surface area contributed by atoms with E-state index in [0.29, 0.717) is 23.5 Å². The van der Waals surface area contributed by atoms with Crippen molar-refractivity contribution in [3.05, 3.63) is 27.5 Å². The van der Waals surface area contributed by atoms with E-state index in [4.69, 9.17) is 12.2 Å². The van der Waals surface area contributed by atoms with E-state index < -0.39 is 0 Å². The Morgan fingerprint density at radius 1 is 1.56 bits per heavy atom. The van der Waals surface area contributed by atoms with Crippen LogP contribution in [0.1, 0.15) is 16.1 Å². The van der Waals surface area contributed by atoms with Gasteiger partial charge in [0.1, 0.15) is 4.88 Å². The van der Waals surface area contributed by atoms with Crippen molar-refractivity contribution in [3.63, 3.8) is 0 Å². The van der Waals surface area contributed by atoms with Crippen LogP contribution >= 0.6 is 27.3 Å². The quantitative estimate of drug-likeness (QED) is 0.674. The summed E-state index contributed by atoms with van der Waals surface area (Å²) in [7, 11) is 0. The Morgan fingerprint density at radius 2 is 2.33 bits per heavy atom. The van der Waals surface area contributed by atoms with Gasteiger partial charge in [-0.3, -0.25) is 4.79 Å². The van der Waals surface area contributed by atoms with Crippen LogP contribution < -0.4 is 11.1 Å². The fraction of sp³-hybridized carbons (Fsp3) is 0.154. The summed E-state index contributed by atoms with van der Waals surface area (Å²) in [5.74, 6) is 2.30. The topological polar surface area (TPSA) is 55.1 Å². The van der Waals surface area contributed by atoms with Gasteiger partial charge in [-0.2, -0.15) is 0 Å². The SMILES string of the molecule is C#CCCNC(=O)c1sc2cccc(Br)c2c1N. The molecule has 1 aromatic heterocycles. The second kappa shape index (κ2) is 5.42. The number of thiophene rings is 1. The Bertz CT molecular complexity index is 642. The van der Waals surface area contributed by atoms with Crippen LogP contribution in [-0.4, -0.2) is 12.5 Å². The number of benzene rings is 1. The maximum Gasteiger partial charge on any atom is 0.263 e. The van der Waals surface area contributed by atoms with Crippen LogP contribution in [0.3, 0.4) is 0 Å². The second-order valence-electron chi connectivity index (χ2n) is 3.67. The third-order valence-electron chi connectivity index (χ3n) is 2.46. The van der Waals surface area contributed by atoms with Gasteiger partial charge in [0, 0.05) is 27.5 Å². The molecule has 0 saturated heterocycles. The number of hydrogen-bond donors (Lipinski definition) is 2. The molecule has 0 aliphatic heterocycles. The average molecular weight is 323 g/mol. The molecule has 18 heavy (non-hydrogen) atoms. The molecule has 0 saturated carbocycles. The number of halogens is 1. The van der Waals surface area contributed by atoms with Crippen LogP contribution in [0.15, 0.2) is 22.7 Å². The van der Waals surface area contributed by atoms with E-state index in [0.717, 1.165) is 14.6 Å². The van der Waals surface area contributed by atoms with Crippen LogP contribution in [0, 0.1) is 12.3 Å². The van der Waals surface area contributed by atoms with Gasteiger partial charge in [-0.05, 0) is 12.1 Å². The van der Waals surface area contributed by atoms with Crippen molar-refractivity contribution in [1.82, 2.24) is 5.32 Å².